The monoisotopic (exact) mass is 321 g/mol. The van der Waals surface area contributed by atoms with Gasteiger partial charge in [0.1, 0.15) is 23.4 Å². The number of nitrogens with zero attached hydrogens (tertiary/aromatic N) is 2. The average Bonchev–Trinajstić information content (AvgIpc) is 2.61. The first-order chi connectivity index (χ1) is 7.98. The molecule has 1 saturated heterocycles. The van der Waals surface area contributed by atoms with Crippen LogP contribution in [0.3, 0.4) is 0 Å². The Kier molecular flexibility index (Phi) is 3.87. The largest absolute Gasteiger partial charge is 0.366 e. The molecular formula is C10H13BrClN3O2. The van der Waals surface area contributed by atoms with Gasteiger partial charge in [-0.2, -0.15) is 0 Å². The molecular weight excluding hydrogens is 309 g/mol. The van der Waals surface area contributed by atoms with Crippen LogP contribution in [0.1, 0.15) is 13.8 Å². The third kappa shape index (κ3) is 3.28. The Bertz CT molecular complexity index is 417. The molecule has 5 nitrogen and oxygen atoms in total. The smallest absolute Gasteiger partial charge is 0.163 e. The molecule has 0 aliphatic carbocycles. The van der Waals surface area contributed by atoms with Crippen LogP contribution in [0.25, 0.3) is 0 Å². The minimum Gasteiger partial charge on any atom is -0.366 e. The lowest BCUT2D eigenvalue weighted by Gasteiger charge is -2.17. The Morgan fingerprint density at radius 2 is 2.35 bits per heavy atom. The highest BCUT2D eigenvalue weighted by atomic mass is 79.9. The molecule has 0 aromatic carbocycles. The summed E-state index contributed by atoms with van der Waals surface area (Å²) in [5.74, 6) is 0.144. The first kappa shape index (κ1) is 13.0. The number of halogens is 2. The maximum atomic E-state index is 5.86. The molecule has 1 aromatic heterocycles. The molecule has 0 saturated carbocycles. The number of aromatic nitrogens is 2. The minimum atomic E-state index is -0.507. The first-order valence-electron chi connectivity index (χ1n) is 5.19. The molecule has 94 valence electrons. The summed E-state index contributed by atoms with van der Waals surface area (Å²) in [6.07, 6.45) is 1.41. The van der Waals surface area contributed by atoms with Gasteiger partial charge in [0.2, 0.25) is 0 Å². The summed E-state index contributed by atoms with van der Waals surface area (Å²) in [6.45, 7) is 4.96. The van der Waals surface area contributed by atoms with E-state index in [2.05, 4.69) is 31.2 Å². The summed E-state index contributed by atoms with van der Waals surface area (Å²) < 4.78 is 11.8. The molecule has 7 heteroatoms. The molecule has 0 amide bonds. The maximum absolute atomic E-state index is 5.86. The van der Waals surface area contributed by atoms with Crippen molar-refractivity contribution in [2.75, 3.05) is 18.5 Å². The highest BCUT2D eigenvalue weighted by molar-refractivity contribution is 9.10. The van der Waals surface area contributed by atoms with Crippen LogP contribution in [-0.4, -0.2) is 35.0 Å². The Balaban J connectivity index is 1.93. The van der Waals surface area contributed by atoms with Crippen molar-refractivity contribution in [2.24, 2.45) is 0 Å². The predicted molar refractivity (Wildman–Crippen MR) is 68.1 cm³/mol. The van der Waals surface area contributed by atoms with Crippen LogP contribution in [0.4, 0.5) is 5.82 Å². The van der Waals surface area contributed by atoms with Gasteiger partial charge in [0, 0.05) is 6.54 Å². The lowest BCUT2D eigenvalue weighted by Crippen LogP contribution is -2.26. The average molecular weight is 323 g/mol. The van der Waals surface area contributed by atoms with Gasteiger partial charge in [0.25, 0.3) is 0 Å². The lowest BCUT2D eigenvalue weighted by atomic mass is 10.3. The molecule has 17 heavy (non-hydrogen) atoms. The van der Waals surface area contributed by atoms with Gasteiger partial charge in [-0.3, -0.25) is 0 Å². The predicted octanol–water partition coefficient (Wildman–Crippen LogP) is 2.46. The van der Waals surface area contributed by atoms with Gasteiger partial charge in [-0.25, -0.2) is 9.97 Å². The maximum Gasteiger partial charge on any atom is 0.163 e. The zero-order valence-corrected chi connectivity index (χ0v) is 11.9. The number of ether oxygens (including phenoxy) is 2. The van der Waals surface area contributed by atoms with Gasteiger partial charge in [-0.05, 0) is 29.8 Å². The SMILES string of the molecule is CC1(C)OCC(CNc2ncnc(Cl)c2Br)O1. The summed E-state index contributed by atoms with van der Waals surface area (Å²) in [5, 5.41) is 3.53. The normalized spacial score (nSPS) is 22.7. The van der Waals surface area contributed by atoms with Crippen LogP contribution in [0.2, 0.25) is 5.15 Å². The number of nitrogens with one attached hydrogen (secondary N) is 1. The third-order valence-corrected chi connectivity index (χ3v) is 3.58. The molecule has 1 aliphatic heterocycles. The second-order valence-corrected chi connectivity index (χ2v) is 5.31. The topological polar surface area (TPSA) is 56.3 Å². The first-order valence-corrected chi connectivity index (χ1v) is 6.37. The van der Waals surface area contributed by atoms with Gasteiger partial charge in [0.05, 0.1) is 11.1 Å². The van der Waals surface area contributed by atoms with E-state index in [4.69, 9.17) is 21.1 Å². The van der Waals surface area contributed by atoms with Crippen molar-refractivity contribution in [3.05, 3.63) is 16.0 Å². The van der Waals surface area contributed by atoms with E-state index in [1.165, 1.54) is 6.33 Å². The summed E-state index contributed by atoms with van der Waals surface area (Å²) in [6, 6.07) is 0. The summed E-state index contributed by atoms with van der Waals surface area (Å²) in [7, 11) is 0. The van der Waals surface area contributed by atoms with Crippen LogP contribution in [-0.2, 0) is 9.47 Å². The highest BCUT2D eigenvalue weighted by Crippen LogP contribution is 2.27. The van der Waals surface area contributed by atoms with Crippen molar-refractivity contribution in [3.8, 4) is 0 Å². The Morgan fingerprint density at radius 1 is 1.59 bits per heavy atom. The number of rotatable bonds is 3. The molecule has 2 rings (SSSR count). The molecule has 0 radical (unpaired) electrons. The summed E-state index contributed by atoms with van der Waals surface area (Å²) >= 11 is 9.18. The van der Waals surface area contributed by atoms with E-state index in [9.17, 15) is 0 Å². The fourth-order valence-corrected chi connectivity index (χ4v) is 2.02. The van der Waals surface area contributed by atoms with E-state index < -0.39 is 5.79 Å². The quantitative estimate of drug-likeness (QED) is 0.866. The molecule has 1 fully saturated rings. The van der Waals surface area contributed by atoms with E-state index >= 15 is 0 Å². The molecule has 1 atom stereocenters. The molecule has 0 bridgehead atoms. The Morgan fingerprint density at radius 3 is 3.00 bits per heavy atom. The van der Waals surface area contributed by atoms with Crippen molar-refractivity contribution in [1.29, 1.82) is 0 Å². The third-order valence-electron chi connectivity index (χ3n) is 2.31. The summed E-state index contributed by atoms with van der Waals surface area (Å²) in [4.78, 5) is 7.94. The molecule has 2 heterocycles. The van der Waals surface area contributed by atoms with Crippen LogP contribution in [0.5, 0.6) is 0 Å². The van der Waals surface area contributed by atoms with Gasteiger partial charge in [0.15, 0.2) is 5.79 Å². The zero-order valence-electron chi connectivity index (χ0n) is 9.54. The Hall–Kier alpha value is -0.430. The second-order valence-electron chi connectivity index (χ2n) is 4.16. The van der Waals surface area contributed by atoms with Gasteiger partial charge < -0.3 is 14.8 Å². The van der Waals surface area contributed by atoms with Crippen molar-refractivity contribution < 1.29 is 9.47 Å². The minimum absolute atomic E-state index is 0.00522. The van der Waals surface area contributed by atoms with E-state index in [-0.39, 0.29) is 6.10 Å². The number of hydrogen-bond donors (Lipinski definition) is 1. The zero-order chi connectivity index (χ0) is 12.5. The van der Waals surface area contributed by atoms with Crippen molar-refractivity contribution in [2.45, 2.75) is 25.7 Å². The van der Waals surface area contributed by atoms with Gasteiger partial charge in [-0.15, -0.1) is 0 Å². The number of anilines is 1. The summed E-state index contributed by atoms with van der Waals surface area (Å²) in [5.41, 5.74) is 0. The van der Waals surface area contributed by atoms with Gasteiger partial charge >= 0.3 is 0 Å². The molecule has 1 aromatic rings. The van der Waals surface area contributed by atoms with Crippen LogP contribution in [0, 0.1) is 0 Å². The van der Waals surface area contributed by atoms with Crippen LogP contribution < -0.4 is 5.32 Å². The van der Waals surface area contributed by atoms with Crippen molar-refractivity contribution in [3.63, 3.8) is 0 Å². The number of hydrogen-bond acceptors (Lipinski definition) is 5. The van der Waals surface area contributed by atoms with E-state index in [1.807, 2.05) is 13.8 Å². The van der Waals surface area contributed by atoms with E-state index in [0.29, 0.717) is 28.6 Å². The van der Waals surface area contributed by atoms with Crippen molar-refractivity contribution in [1.82, 2.24) is 9.97 Å². The van der Waals surface area contributed by atoms with E-state index in [0.717, 1.165) is 0 Å². The lowest BCUT2D eigenvalue weighted by molar-refractivity contribution is -0.136. The molecule has 0 spiro atoms. The standard InChI is InChI=1S/C10H13BrClN3O2/c1-10(2)16-4-6(17-10)3-13-9-7(11)8(12)14-5-15-9/h5-6H,3-4H2,1-2H3,(H,13,14,15). The van der Waals surface area contributed by atoms with Crippen molar-refractivity contribution >= 4 is 33.3 Å². The molecule has 1 unspecified atom stereocenters. The second kappa shape index (κ2) is 5.06. The van der Waals surface area contributed by atoms with E-state index in [1.54, 1.807) is 0 Å². The molecule has 1 N–H and O–H groups in total. The van der Waals surface area contributed by atoms with Gasteiger partial charge in [-0.1, -0.05) is 11.6 Å². The fourth-order valence-electron chi connectivity index (χ4n) is 1.55. The Labute approximate surface area is 113 Å². The molecule has 1 aliphatic rings. The highest BCUT2D eigenvalue weighted by Gasteiger charge is 2.32. The van der Waals surface area contributed by atoms with Crippen LogP contribution >= 0.6 is 27.5 Å². The fraction of sp³-hybridized carbons (Fsp3) is 0.600. The van der Waals surface area contributed by atoms with Crippen LogP contribution in [0.15, 0.2) is 10.8 Å².